The summed E-state index contributed by atoms with van der Waals surface area (Å²) in [6.07, 6.45) is 2.99. The molecule has 5 aromatic rings. The van der Waals surface area contributed by atoms with Crippen molar-refractivity contribution in [1.82, 2.24) is 25.7 Å². The molecule has 3 saturated heterocycles. The predicted octanol–water partition coefficient (Wildman–Crippen LogP) is 4.86. The summed E-state index contributed by atoms with van der Waals surface area (Å²) in [6.45, 7) is 7.57. The largest absolute Gasteiger partial charge is 0.383 e. The van der Waals surface area contributed by atoms with Crippen molar-refractivity contribution in [3.05, 3.63) is 112 Å². The van der Waals surface area contributed by atoms with Gasteiger partial charge in [0.2, 0.25) is 17.7 Å². The fourth-order valence-corrected chi connectivity index (χ4v) is 9.31. The van der Waals surface area contributed by atoms with Crippen LogP contribution in [0.1, 0.15) is 74.3 Å². The highest BCUT2D eigenvalue weighted by atomic mass is 19.1. The molecule has 6 N–H and O–H groups in total. The van der Waals surface area contributed by atoms with Crippen LogP contribution in [0.3, 0.4) is 0 Å². The fourth-order valence-electron chi connectivity index (χ4n) is 9.31. The van der Waals surface area contributed by atoms with Gasteiger partial charge in [-0.25, -0.2) is 8.78 Å². The molecule has 3 aliphatic heterocycles. The van der Waals surface area contributed by atoms with Crippen molar-refractivity contribution >= 4 is 69.6 Å². The van der Waals surface area contributed by atoms with Gasteiger partial charge in [0.05, 0.1) is 89.1 Å². The van der Waals surface area contributed by atoms with Crippen LogP contribution in [0.4, 0.5) is 31.7 Å². The van der Waals surface area contributed by atoms with E-state index in [-0.39, 0.29) is 54.9 Å². The van der Waals surface area contributed by atoms with Gasteiger partial charge in [-0.15, -0.1) is 0 Å². The Morgan fingerprint density at radius 2 is 1.41 bits per heavy atom. The molecule has 21 nitrogen and oxygen atoms in total. The first kappa shape index (κ1) is 57.8. The third kappa shape index (κ3) is 17.3. The average Bonchev–Trinajstić information content (AvgIpc) is 3.89. The Kier molecular flexibility index (Phi) is 21.6. The number of benzene rings is 4. The van der Waals surface area contributed by atoms with Crippen LogP contribution in [0, 0.1) is 11.6 Å². The second-order valence-electron chi connectivity index (χ2n) is 19.1. The number of carbonyl (C=O) groups excluding carboxylic acids is 6. The first-order valence-electron chi connectivity index (χ1n) is 26.6. The second-order valence-corrected chi connectivity index (χ2v) is 19.1. The van der Waals surface area contributed by atoms with Crippen LogP contribution in [0.25, 0.3) is 10.9 Å². The summed E-state index contributed by atoms with van der Waals surface area (Å²) >= 11 is 0. The summed E-state index contributed by atoms with van der Waals surface area (Å²) in [4.78, 5) is 79.0. The Morgan fingerprint density at radius 3 is 2.09 bits per heavy atom. The number of rotatable bonds is 29. The van der Waals surface area contributed by atoms with Gasteiger partial charge in [-0.2, -0.15) is 5.10 Å². The van der Waals surface area contributed by atoms with Crippen molar-refractivity contribution in [2.45, 2.75) is 50.6 Å². The third-order valence-electron chi connectivity index (χ3n) is 13.5. The first-order chi connectivity index (χ1) is 38.5. The van der Waals surface area contributed by atoms with Crippen LogP contribution < -0.4 is 31.5 Å². The van der Waals surface area contributed by atoms with E-state index in [0.29, 0.717) is 157 Å². The van der Waals surface area contributed by atoms with Gasteiger partial charge in [-0.1, -0.05) is 6.07 Å². The van der Waals surface area contributed by atoms with E-state index in [1.807, 2.05) is 35.2 Å². The maximum atomic E-state index is 14.0. The molecule has 5 amide bonds. The van der Waals surface area contributed by atoms with Crippen LogP contribution in [0.5, 0.6) is 0 Å². The number of aromatic amines is 1. The minimum atomic E-state index is -0.861. The van der Waals surface area contributed by atoms with Crippen LogP contribution in [0.2, 0.25) is 0 Å². The normalized spacial score (nSPS) is 15.9. The highest BCUT2D eigenvalue weighted by Gasteiger charge is 2.29. The van der Waals surface area contributed by atoms with E-state index >= 15 is 0 Å². The number of nitrogens with zero attached hydrogens (tertiary/aromatic N) is 3. The van der Waals surface area contributed by atoms with Gasteiger partial charge in [-0.3, -0.25) is 39.2 Å². The topological polar surface area (TPSA) is 253 Å². The number of hydrogen-bond donors (Lipinski definition) is 6. The molecule has 4 heterocycles. The molecular weight excluding hydrogens is 1030 g/mol. The Morgan fingerprint density at radius 1 is 0.722 bits per heavy atom. The van der Waals surface area contributed by atoms with Crippen molar-refractivity contribution in [3.63, 3.8) is 0 Å². The molecule has 79 heavy (non-hydrogen) atoms. The molecule has 0 bridgehead atoms. The van der Waals surface area contributed by atoms with Crippen LogP contribution in [-0.4, -0.2) is 175 Å². The number of ether oxygens (including phenoxy) is 6. The highest BCUT2D eigenvalue weighted by Crippen LogP contribution is 2.30. The number of H-pyrrole nitrogens is 1. The number of aldehydes is 1. The Balaban J connectivity index is 0.661. The molecule has 0 aliphatic carbocycles. The van der Waals surface area contributed by atoms with E-state index in [9.17, 15) is 37.5 Å². The van der Waals surface area contributed by atoms with Gasteiger partial charge >= 0.3 is 0 Å². The lowest BCUT2D eigenvalue weighted by molar-refractivity contribution is -0.135. The second kappa shape index (κ2) is 29.5. The minimum absolute atomic E-state index is 0.0164. The Labute approximate surface area is 455 Å². The van der Waals surface area contributed by atoms with Crippen molar-refractivity contribution < 1.29 is 66.0 Å². The number of hydrogen-bond acceptors (Lipinski definition) is 16. The molecule has 0 saturated carbocycles. The summed E-state index contributed by atoms with van der Waals surface area (Å²) in [5.41, 5.74) is 4.89. The van der Waals surface area contributed by atoms with Crippen LogP contribution >= 0.6 is 0 Å². The van der Waals surface area contributed by atoms with Crippen molar-refractivity contribution in [2.75, 3.05) is 133 Å². The molecule has 3 aliphatic rings. The summed E-state index contributed by atoms with van der Waals surface area (Å²) < 4.78 is 61.4. The number of piperazine rings is 1. The van der Waals surface area contributed by atoms with Gasteiger partial charge in [0.25, 0.3) is 11.8 Å². The van der Waals surface area contributed by atoms with Gasteiger partial charge in [0.1, 0.15) is 17.7 Å². The Bertz CT molecular complexity index is 2870. The smallest absolute Gasteiger partial charge is 0.258 e. The molecular formula is C56H67F2N9O12. The number of nitrogens with one attached hydrogen (secondary N) is 6. The number of aromatic nitrogens is 2. The third-order valence-corrected chi connectivity index (χ3v) is 13.5. The maximum Gasteiger partial charge on any atom is 0.258 e. The van der Waals surface area contributed by atoms with Crippen LogP contribution in [0.15, 0.2) is 72.8 Å². The zero-order valence-electron chi connectivity index (χ0n) is 43.9. The molecule has 8 rings (SSSR count). The van der Waals surface area contributed by atoms with E-state index in [1.165, 1.54) is 24.3 Å². The predicted molar refractivity (Wildman–Crippen MR) is 289 cm³/mol. The molecule has 3 fully saturated rings. The van der Waals surface area contributed by atoms with Crippen molar-refractivity contribution in [3.8, 4) is 0 Å². The van der Waals surface area contributed by atoms with Gasteiger partial charge in [0, 0.05) is 92.5 Å². The summed E-state index contributed by atoms with van der Waals surface area (Å²) in [6, 6.07) is 18.6. The molecule has 1 atom stereocenters. The number of anilines is 4. The minimum Gasteiger partial charge on any atom is -0.383 e. The molecule has 0 spiro atoms. The molecule has 4 aromatic carbocycles. The monoisotopic (exact) mass is 1100 g/mol. The number of fused-ring (bicyclic) bond motifs is 1. The van der Waals surface area contributed by atoms with Crippen molar-refractivity contribution in [1.29, 1.82) is 0 Å². The van der Waals surface area contributed by atoms with E-state index in [1.54, 1.807) is 12.1 Å². The Hall–Kier alpha value is -7.41. The fraction of sp³-hybridized carbons (Fsp3) is 0.446. The maximum absolute atomic E-state index is 14.0. The van der Waals surface area contributed by atoms with E-state index in [2.05, 4.69) is 41.7 Å². The standard InChI is InChI=1S/C56H67F2N9O12/c57-40-30-38(31-41(58)33-40)29-37-1-6-48-47(32-37)53(65-64-48)63-54(71)45-5-4-44(35-50(45)60-42-9-17-74-18-10-42)66-13-15-67(16-14-66)52(70)11-19-75-21-23-77-25-27-79-28-26-78-24-22-76-20-12-59-43-3-2-39(36-68)46(34-43)55(72)61-49-7-8-51(69)62-56(49)73/h1-6,30-36,42,49,59-60H,7-29H2,(H,61,72)(H,62,69,73)(H2,63,64,65,71). The molecule has 422 valence electrons. The quantitative estimate of drug-likeness (QED) is 0.0213. The number of imide groups is 1. The number of halogens is 2. The lowest BCUT2D eigenvalue weighted by atomic mass is 10.0. The number of piperidine rings is 1. The summed E-state index contributed by atoms with van der Waals surface area (Å²) in [5, 5.41) is 22.5. The lowest BCUT2D eigenvalue weighted by Gasteiger charge is -2.36. The van der Waals surface area contributed by atoms with Gasteiger partial charge in [0.15, 0.2) is 12.1 Å². The van der Waals surface area contributed by atoms with Crippen molar-refractivity contribution in [2.24, 2.45) is 0 Å². The zero-order valence-corrected chi connectivity index (χ0v) is 43.9. The molecule has 23 heteroatoms. The lowest BCUT2D eigenvalue weighted by Crippen LogP contribution is -2.52. The van der Waals surface area contributed by atoms with Crippen LogP contribution in [-0.2, 0) is 49.2 Å². The number of carbonyl (C=O) groups is 6. The highest BCUT2D eigenvalue weighted by molar-refractivity contribution is 6.11. The van der Waals surface area contributed by atoms with Gasteiger partial charge in [-0.05, 0) is 97.5 Å². The van der Waals surface area contributed by atoms with E-state index < -0.39 is 35.4 Å². The van der Waals surface area contributed by atoms with Gasteiger partial charge < -0.3 is 59.5 Å². The zero-order chi connectivity index (χ0) is 55.3. The SMILES string of the molecule is O=Cc1ccc(NCCOCCOCCOCCOCCOCCC(=O)N2CCN(c3ccc(C(=O)Nc4n[nH]c5ccc(Cc6cc(F)cc(F)c6)cc45)c(NC4CCOCC4)c3)CC2)cc1C(=O)NC1CCC(=O)NC1=O. The molecule has 1 aromatic heterocycles. The average molecular weight is 1100 g/mol. The summed E-state index contributed by atoms with van der Waals surface area (Å²) in [7, 11) is 0. The first-order valence-corrected chi connectivity index (χ1v) is 26.6. The van der Waals surface area contributed by atoms with E-state index in [0.717, 1.165) is 30.2 Å². The molecule has 0 radical (unpaired) electrons. The van der Waals surface area contributed by atoms with E-state index in [4.69, 9.17) is 28.4 Å². The summed E-state index contributed by atoms with van der Waals surface area (Å²) in [5.74, 6) is -2.85. The number of amides is 5. The molecule has 1 unspecified atom stereocenters.